The van der Waals surface area contributed by atoms with Gasteiger partial charge in [-0.25, -0.2) is 0 Å². The van der Waals surface area contributed by atoms with Crippen molar-refractivity contribution in [1.82, 2.24) is 9.80 Å². The van der Waals surface area contributed by atoms with Gasteiger partial charge in [0.15, 0.2) is 17.6 Å². The van der Waals surface area contributed by atoms with Crippen LogP contribution < -0.4 is 9.47 Å². The largest absolute Gasteiger partial charge is 0.486 e. The Morgan fingerprint density at radius 2 is 1.86 bits per heavy atom. The molecule has 2 heterocycles. The predicted octanol–water partition coefficient (Wildman–Crippen LogP) is 3.07. The smallest absolute Gasteiger partial charge is 0.236 e. The van der Waals surface area contributed by atoms with E-state index in [2.05, 4.69) is 35.2 Å². The Balaban J connectivity index is 1.27. The number of carbonyl (C=O) groups is 1. The van der Waals surface area contributed by atoms with Gasteiger partial charge in [0.1, 0.15) is 6.61 Å². The zero-order valence-electron chi connectivity index (χ0n) is 16.2. The van der Waals surface area contributed by atoms with Crippen LogP contribution in [-0.4, -0.2) is 61.6 Å². The van der Waals surface area contributed by atoms with Gasteiger partial charge in [-0.1, -0.05) is 48.5 Å². The normalized spacial score (nSPS) is 19.0. The Kier molecular flexibility index (Phi) is 5.63. The van der Waals surface area contributed by atoms with E-state index in [-0.39, 0.29) is 12.0 Å². The molecule has 0 unspecified atom stereocenters. The average Bonchev–Trinajstić information content (AvgIpc) is 2.75. The number of amides is 1. The van der Waals surface area contributed by atoms with Crippen molar-refractivity contribution in [2.24, 2.45) is 0 Å². The molecule has 0 saturated heterocycles. The Morgan fingerprint density at radius 3 is 2.61 bits per heavy atom. The fourth-order valence-electron chi connectivity index (χ4n) is 3.64. The molecule has 28 heavy (non-hydrogen) atoms. The van der Waals surface area contributed by atoms with E-state index in [0.29, 0.717) is 19.7 Å². The molecule has 146 valence electrons. The van der Waals surface area contributed by atoms with Gasteiger partial charge >= 0.3 is 0 Å². The minimum absolute atomic E-state index is 0.110. The molecule has 2 aromatic carbocycles. The van der Waals surface area contributed by atoms with Crippen molar-refractivity contribution in [3.63, 3.8) is 0 Å². The van der Waals surface area contributed by atoms with Crippen molar-refractivity contribution in [3.8, 4) is 11.5 Å². The lowest BCUT2D eigenvalue weighted by Crippen LogP contribution is -2.45. The van der Waals surface area contributed by atoms with Crippen LogP contribution in [0.2, 0.25) is 0 Å². The van der Waals surface area contributed by atoms with Gasteiger partial charge in [0.2, 0.25) is 5.91 Å². The molecule has 2 aliphatic heterocycles. The van der Waals surface area contributed by atoms with Gasteiger partial charge in [-0.15, -0.1) is 0 Å². The van der Waals surface area contributed by atoms with E-state index < -0.39 is 0 Å². The van der Waals surface area contributed by atoms with E-state index in [1.54, 1.807) is 4.90 Å². The first-order valence-corrected chi connectivity index (χ1v) is 9.78. The van der Waals surface area contributed by atoms with Crippen molar-refractivity contribution in [3.05, 3.63) is 66.2 Å². The molecule has 0 bridgehead atoms. The van der Waals surface area contributed by atoms with Crippen molar-refractivity contribution >= 4 is 11.5 Å². The van der Waals surface area contributed by atoms with Crippen LogP contribution in [0.4, 0.5) is 0 Å². The summed E-state index contributed by atoms with van der Waals surface area (Å²) in [6, 6.07) is 18.1. The zero-order chi connectivity index (χ0) is 19.3. The third kappa shape index (κ3) is 4.37. The first-order valence-electron chi connectivity index (χ1n) is 9.78. The number of ether oxygens (including phenoxy) is 2. The van der Waals surface area contributed by atoms with Crippen LogP contribution in [0.5, 0.6) is 11.5 Å². The van der Waals surface area contributed by atoms with E-state index in [4.69, 9.17) is 9.47 Å². The Hall–Kier alpha value is -2.79. The average molecular weight is 378 g/mol. The van der Waals surface area contributed by atoms with Crippen molar-refractivity contribution < 1.29 is 14.3 Å². The number of likely N-dealkylation sites (N-methyl/N-ethyl adjacent to an activating group) is 1. The standard InChI is InChI=1S/C23H26N2O3/c1-24(15-20-17-27-21-9-5-6-10-22(21)28-20)23(26)16-25-13-11-19(12-14-25)18-7-3-2-4-8-18/h2-11,20H,12-17H2,1H3/t20-/m1/s1. The zero-order valence-corrected chi connectivity index (χ0v) is 16.2. The number of carbonyl (C=O) groups excluding carboxylic acids is 1. The summed E-state index contributed by atoms with van der Waals surface area (Å²) in [4.78, 5) is 16.6. The summed E-state index contributed by atoms with van der Waals surface area (Å²) in [5.41, 5.74) is 2.64. The lowest BCUT2D eigenvalue weighted by Gasteiger charge is -2.31. The molecule has 0 fully saturated rings. The third-order valence-electron chi connectivity index (χ3n) is 5.27. The molecule has 4 rings (SSSR count). The molecule has 5 nitrogen and oxygen atoms in total. The molecular formula is C23H26N2O3. The maximum absolute atomic E-state index is 12.6. The second-order valence-electron chi connectivity index (χ2n) is 7.35. The summed E-state index contributed by atoms with van der Waals surface area (Å²) in [6.07, 6.45) is 3.06. The molecule has 2 aromatic rings. The van der Waals surface area contributed by atoms with Crippen LogP contribution in [0.25, 0.3) is 5.57 Å². The van der Waals surface area contributed by atoms with Crippen LogP contribution in [0.3, 0.4) is 0 Å². The first-order chi connectivity index (χ1) is 13.7. The Labute approximate surface area is 166 Å². The molecule has 0 aliphatic carbocycles. The summed E-state index contributed by atoms with van der Waals surface area (Å²) in [5.74, 6) is 1.62. The molecule has 5 heteroatoms. The van der Waals surface area contributed by atoms with Crippen molar-refractivity contribution in [2.45, 2.75) is 12.5 Å². The summed E-state index contributed by atoms with van der Waals surface area (Å²) in [6.45, 7) is 3.11. The van der Waals surface area contributed by atoms with Crippen LogP contribution >= 0.6 is 0 Å². The molecule has 0 saturated carbocycles. The predicted molar refractivity (Wildman–Crippen MR) is 109 cm³/mol. The van der Waals surface area contributed by atoms with E-state index in [1.165, 1.54) is 11.1 Å². The second-order valence-corrected chi connectivity index (χ2v) is 7.35. The molecule has 2 aliphatic rings. The maximum atomic E-state index is 12.6. The van der Waals surface area contributed by atoms with E-state index in [0.717, 1.165) is 31.0 Å². The summed E-state index contributed by atoms with van der Waals surface area (Å²) in [7, 11) is 1.83. The van der Waals surface area contributed by atoms with Gasteiger partial charge in [0, 0.05) is 20.1 Å². The molecule has 0 N–H and O–H groups in total. The third-order valence-corrected chi connectivity index (χ3v) is 5.27. The molecule has 1 amide bonds. The molecular weight excluding hydrogens is 352 g/mol. The molecule has 0 aromatic heterocycles. The van der Waals surface area contributed by atoms with Crippen LogP contribution in [0.1, 0.15) is 12.0 Å². The number of nitrogens with zero attached hydrogens (tertiary/aromatic N) is 2. The number of para-hydroxylation sites is 2. The number of fused-ring (bicyclic) bond motifs is 1. The fourth-order valence-corrected chi connectivity index (χ4v) is 3.64. The minimum Gasteiger partial charge on any atom is -0.486 e. The SMILES string of the molecule is CN(C[C@@H]1COc2ccccc2O1)C(=O)CN1CC=C(c2ccccc2)CC1. The highest BCUT2D eigenvalue weighted by atomic mass is 16.6. The maximum Gasteiger partial charge on any atom is 0.236 e. The minimum atomic E-state index is -0.144. The van der Waals surface area contributed by atoms with Gasteiger partial charge in [-0.05, 0) is 29.7 Å². The van der Waals surface area contributed by atoms with E-state index in [1.807, 2.05) is 37.4 Å². The lowest BCUT2D eigenvalue weighted by atomic mass is 10.00. The Bertz CT molecular complexity index is 850. The van der Waals surface area contributed by atoms with Crippen LogP contribution in [-0.2, 0) is 4.79 Å². The monoisotopic (exact) mass is 378 g/mol. The number of benzene rings is 2. The summed E-state index contributed by atoms with van der Waals surface area (Å²) < 4.78 is 11.7. The van der Waals surface area contributed by atoms with Gasteiger partial charge in [-0.2, -0.15) is 0 Å². The number of hydrogen-bond donors (Lipinski definition) is 0. The lowest BCUT2D eigenvalue weighted by molar-refractivity contribution is -0.132. The van der Waals surface area contributed by atoms with Gasteiger partial charge in [0.05, 0.1) is 13.1 Å². The topological polar surface area (TPSA) is 42.0 Å². The molecule has 0 spiro atoms. The fraction of sp³-hybridized carbons (Fsp3) is 0.348. The number of hydrogen-bond acceptors (Lipinski definition) is 4. The molecule has 0 radical (unpaired) electrons. The highest BCUT2D eigenvalue weighted by Crippen LogP contribution is 2.31. The van der Waals surface area contributed by atoms with Gasteiger partial charge < -0.3 is 14.4 Å². The Morgan fingerprint density at radius 1 is 1.11 bits per heavy atom. The first kappa shape index (κ1) is 18.6. The highest BCUT2D eigenvalue weighted by molar-refractivity contribution is 5.78. The molecule has 1 atom stereocenters. The van der Waals surface area contributed by atoms with Crippen molar-refractivity contribution in [2.75, 3.05) is 39.8 Å². The van der Waals surface area contributed by atoms with Gasteiger partial charge in [-0.3, -0.25) is 9.69 Å². The van der Waals surface area contributed by atoms with E-state index in [9.17, 15) is 4.79 Å². The second kappa shape index (κ2) is 8.48. The van der Waals surface area contributed by atoms with Crippen LogP contribution in [0.15, 0.2) is 60.7 Å². The summed E-state index contributed by atoms with van der Waals surface area (Å²) in [5, 5.41) is 0. The summed E-state index contributed by atoms with van der Waals surface area (Å²) >= 11 is 0. The van der Waals surface area contributed by atoms with Crippen LogP contribution in [0, 0.1) is 0 Å². The highest BCUT2D eigenvalue weighted by Gasteiger charge is 2.25. The van der Waals surface area contributed by atoms with E-state index >= 15 is 0 Å². The number of rotatable bonds is 5. The van der Waals surface area contributed by atoms with Crippen molar-refractivity contribution in [1.29, 1.82) is 0 Å². The van der Waals surface area contributed by atoms with Gasteiger partial charge in [0.25, 0.3) is 0 Å². The quantitative estimate of drug-likeness (QED) is 0.802.